The van der Waals surface area contributed by atoms with E-state index >= 15 is 0 Å². The average molecular weight is 310 g/mol. The molecule has 0 aliphatic carbocycles. The van der Waals surface area contributed by atoms with Crippen LogP contribution in [0.3, 0.4) is 0 Å². The summed E-state index contributed by atoms with van der Waals surface area (Å²) in [5.41, 5.74) is 10.5. The minimum absolute atomic E-state index is 0.585. The fraction of sp³-hybridized carbons (Fsp3) is 0.0625. The summed E-state index contributed by atoms with van der Waals surface area (Å²) in [4.78, 5) is 4.06. The first-order valence-corrected chi connectivity index (χ1v) is 7.17. The van der Waals surface area contributed by atoms with E-state index in [1.807, 2.05) is 41.7 Å². The molecule has 5 nitrogen and oxygen atoms in total. The van der Waals surface area contributed by atoms with Crippen LogP contribution < -0.4 is 5.73 Å². The number of aryl methyl sites for hydroxylation is 1. The minimum atomic E-state index is 0.585. The van der Waals surface area contributed by atoms with Gasteiger partial charge in [-0.3, -0.25) is 9.38 Å². The number of nitrogen functional groups attached to an aromatic ring is 1. The molecule has 2 N–H and O–H groups in total. The van der Waals surface area contributed by atoms with Gasteiger partial charge in [-0.2, -0.15) is 0 Å². The van der Waals surface area contributed by atoms with E-state index in [4.69, 9.17) is 17.3 Å². The highest BCUT2D eigenvalue weighted by Gasteiger charge is 2.17. The first kappa shape index (κ1) is 13.0. The second-order valence-electron chi connectivity index (χ2n) is 5.09. The van der Waals surface area contributed by atoms with Crippen molar-refractivity contribution in [3.8, 4) is 11.1 Å². The monoisotopic (exact) mass is 309 g/mol. The second kappa shape index (κ2) is 4.68. The molecule has 0 aliphatic heterocycles. The second-order valence-corrected chi connectivity index (χ2v) is 5.53. The van der Waals surface area contributed by atoms with Crippen LogP contribution in [0.2, 0.25) is 5.02 Å². The van der Waals surface area contributed by atoms with Crippen molar-refractivity contribution in [1.82, 2.24) is 19.6 Å². The smallest absolute Gasteiger partial charge is 0.185 e. The van der Waals surface area contributed by atoms with Crippen molar-refractivity contribution >= 4 is 33.8 Å². The summed E-state index contributed by atoms with van der Waals surface area (Å²) in [6.45, 7) is 1.90. The Kier molecular flexibility index (Phi) is 2.77. The Morgan fingerprint density at radius 3 is 2.64 bits per heavy atom. The number of hydrogen-bond donors (Lipinski definition) is 1. The molecule has 0 unspecified atom stereocenters. The molecule has 6 heteroatoms. The first-order valence-electron chi connectivity index (χ1n) is 6.79. The molecule has 0 saturated heterocycles. The lowest BCUT2D eigenvalue weighted by atomic mass is 10.00. The zero-order chi connectivity index (χ0) is 15.3. The van der Waals surface area contributed by atoms with E-state index in [0.29, 0.717) is 16.4 Å². The lowest BCUT2D eigenvalue weighted by molar-refractivity contribution is 1.02. The first-order chi connectivity index (χ1) is 10.7. The summed E-state index contributed by atoms with van der Waals surface area (Å²) in [5, 5.41) is 9.99. The van der Waals surface area contributed by atoms with Crippen molar-refractivity contribution < 1.29 is 0 Å². The normalized spacial score (nSPS) is 11.4. The van der Waals surface area contributed by atoms with Gasteiger partial charge in [-0.15, -0.1) is 10.2 Å². The van der Waals surface area contributed by atoms with Crippen LogP contribution in [-0.4, -0.2) is 19.6 Å². The number of nitrogens with zero attached hydrogens (tertiary/aromatic N) is 4. The fourth-order valence-corrected chi connectivity index (χ4v) is 2.99. The summed E-state index contributed by atoms with van der Waals surface area (Å²) < 4.78 is 1.95. The van der Waals surface area contributed by atoms with E-state index in [1.54, 1.807) is 12.4 Å². The quantitative estimate of drug-likeness (QED) is 0.584. The number of rotatable bonds is 1. The Morgan fingerprint density at radius 1 is 1.09 bits per heavy atom. The summed E-state index contributed by atoms with van der Waals surface area (Å²) in [6, 6.07) is 9.58. The summed E-state index contributed by atoms with van der Waals surface area (Å²) in [5.74, 6) is 0.787. The standard InChI is InChI=1S/C16H12ClN5/c1-9-20-21-16-15(18)14(10-4-6-19-7-5-10)12-8-11(17)2-3-13(12)22(9)16/h2-8H,18H2,1H3. The van der Waals surface area contributed by atoms with Gasteiger partial charge in [0.05, 0.1) is 11.2 Å². The van der Waals surface area contributed by atoms with Gasteiger partial charge in [0.25, 0.3) is 0 Å². The van der Waals surface area contributed by atoms with Gasteiger partial charge in [0.2, 0.25) is 0 Å². The highest BCUT2D eigenvalue weighted by molar-refractivity contribution is 6.31. The maximum atomic E-state index is 6.39. The van der Waals surface area contributed by atoms with Crippen LogP contribution in [0.1, 0.15) is 5.82 Å². The molecule has 4 aromatic rings. The van der Waals surface area contributed by atoms with Crippen LogP contribution in [0.25, 0.3) is 27.7 Å². The van der Waals surface area contributed by atoms with Gasteiger partial charge in [-0.1, -0.05) is 11.6 Å². The van der Waals surface area contributed by atoms with Crippen LogP contribution in [0, 0.1) is 6.92 Å². The maximum Gasteiger partial charge on any atom is 0.185 e. The van der Waals surface area contributed by atoms with Crippen molar-refractivity contribution in [3.63, 3.8) is 0 Å². The molecular formula is C16H12ClN5. The highest BCUT2D eigenvalue weighted by Crippen LogP contribution is 2.37. The van der Waals surface area contributed by atoms with Crippen LogP contribution in [0.5, 0.6) is 0 Å². The van der Waals surface area contributed by atoms with Gasteiger partial charge in [-0.05, 0) is 42.8 Å². The van der Waals surface area contributed by atoms with Crippen LogP contribution in [0.15, 0.2) is 42.7 Å². The van der Waals surface area contributed by atoms with Gasteiger partial charge < -0.3 is 5.73 Å². The summed E-state index contributed by atoms with van der Waals surface area (Å²) >= 11 is 6.20. The largest absolute Gasteiger partial charge is 0.395 e. The van der Waals surface area contributed by atoms with Crippen molar-refractivity contribution in [2.75, 3.05) is 5.73 Å². The number of halogens is 1. The lowest BCUT2D eigenvalue weighted by Gasteiger charge is -2.13. The van der Waals surface area contributed by atoms with E-state index in [0.717, 1.165) is 27.9 Å². The van der Waals surface area contributed by atoms with Gasteiger partial charge in [-0.25, -0.2) is 0 Å². The molecule has 3 aromatic heterocycles. The Balaban J connectivity index is 2.27. The summed E-state index contributed by atoms with van der Waals surface area (Å²) in [7, 11) is 0. The average Bonchev–Trinajstić information content (AvgIpc) is 2.91. The zero-order valence-electron chi connectivity index (χ0n) is 11.8. The number of pyridine rings is 2. The topological polar surface area (TPSA) is 69.1 Å². The van der Waals surface area contributed by atoms with Gasteiger partial charge in [0.1, 0.15) is 5.82 Å². The van der Waals surface area contributed by atoms with E-state index in [9.17, 15) is 0 Å². The van der Waals surface area contributed by atoms with Crippen LogP contribution in [-0.2, 0) is 0 Å². The molecule has 22 heavy (non-hydrogen) atoms. The molecule has 0 saturated carbocycles. The third-order valence-electron chi connectivity index (χ3n) is 3.77. The fourth-order valence-electron chi connectivity index (χ4n) is 2.82. The van der Waals surface area contributed by atoms with E-state index in [-0.39, 0.29) is 0 Å². The number of benzene rings is 1. The highest BCUT2D eigenvalue weighted by atomic mass is 35.5. The molecule has 0 spiro atoms. The Morgan fingerprint density at radius 2 is 1.86 bits per heavy atom. The molecule has 108 valence electrons. The molecule has 1 aromatic carbocycles. The van der Waals surface area contributed by atoms with E-state index < -0.39 is 0 Å². The van der Waals surface area contributed by atoms with Crippen molar-refractivity contribution in [2.24, 2.45) is 0 Å². The van der Waals surface area contributed by atoms with Crippen LogP contribution in [0.4, 0.5) is 5.69 Å². The molecule has 0 fully saturated rings. The Bertz CT molecular complexity index is 1010. The molecule has 0 radical (unpaired) electrons. The Hall–Kier alpha value is -2.66. The van der Waals surface area contributed by atoms with Crippen molar-refractivity contribution in [3.05, 3.63) is 53.6 Å². The minimum Gasteiger partial charge on any atom is -0.395 e. The zero-order valence-corrected chi connectivity index (χ0v) is 12.5. The molecule has 4 rings (SSSR count). The van der Waals surface area contributed by atoms with Gasteiger partial charge in [0.15, 0.2) is 5.65 Å². The lowest BCUT2D eigenvalue weighted by Crippen LogP contribution is -2.00. The Labute approximate surface area is 131 Å². The molecular weight excluding hydrogens is 298 g/mol. The van der Waals surface area contributed by atoms with Gasteiger partial charge >= 0.3 is 0 Å². The third kappa shape index (κ3) is 1.76. The van der Waals surface area contributed by atoms with Crippen molar-refractivity contribution in [2.45, 2.75) is 6.92 Å². The molecule has 3 heterocycles. The number of aromatic nitrogens is 4. The number of fused-ring (bicyclic) bond motifs is 3. The van der Waals surface area contributed by atoms with E-state index in [1.165, 1.54) is 0 Å². The molecule has 0 aliphatic rings. The molecule has 0 atom stereocenters. The van der Waals surface area contributed by atoms with E-state index in [2.05, 4.69) is 15.2 Å². The predicted octanol–water partition coefficient (Wildman–Crippen LogP) is 3.49. The van der Waals surface area contributed by atoms with Crippen molar-refractivity contribution in [1.29, 1.82) is 0 Å². The predicted molar refractivity (Wildman–Crippen MR) is 87.9 cm³/mol. The molecule has 0 bridgehead atoms. The molecule has 0 amide bonds. The maximum absolute atomic E-state index is 6.39. The number of anilines is 1. The summed E-state index contributed by atoms with van der Waals surface area (Å²) in [6.07, 6.45) is 3.48. The number of hydrogen-bond acceptors (Lipinski definition) is 4. The van der Waals surface area contributed by atoms with Gasteiger partial charge in [0, 0.05) is 28.4 Å². The SMILES string of the molecule is Cc1nnc2c(N)c(-c3ccncc3)c3cc(Cl)ccc3n12. The third-order valence-corrected chi connectivity index (χ3v) is 4.01. The number of nitrogens with two attached hydrogens (primary N) is 1. The van der Waals surface area contributed by atoms with Crippen LogP contribution >= 0.6 is 11.6 Å².